The molecule has 0 spiro atoms. The molecule has 1 aliphatic rings. The normalized spacial score (nSPS) is 32.6. The molecule has 1 rings (SSSR count). The number of aliphatic hydroxyl groups is 1. The number of hydrogen-bond donors (Lipinski definition) is 2. The lowest BCUT2D eigenvalue weighted by molar-refractivity contribution is -0.180. The van der Waals surface area contributed by atoms with E-state index >= 15 is 0 Å². The van der Waals surface area contributed by atoms with Crippen molar-refractivity contribution in [2.24, 2.45) is 29.6 Å². The Balaban J connectivity index is 3.09. The van der Waals surface area contributed by atoms with Crippen LogP contribution >= 0.6 is 0 Å². The van der Waals surface area contributed by atoms with Gasteiger partial charge in [0, 0.05) is 5.92 Å². The number of hydrogen-bond acceptors (Lipinski definition) is 2. The van der Waals surface area contributed by atoms with Crippen molar-refractivity contribution in [2.45, 2.75) is 59.5 Å². The molecule has 4 unspecified atom stereocenters. The molecule has 0 radical (unpaired) electrons. The highest BCUT2D eigenvalue weighted by Gasteiger charge is 2.51. The van der Waals surface area contributed by atoms with Gasteiger partial charge in [0.1, 0.15) is 0 Å². The average Bonchev–Trinajstić information content (AvgIpc) is 2.26. The minimum Gasteiger partial charge on any atom is -0.479 e. The number of carboxylic acids is 1. The van der Waals surface area contributed by atoms with E-state index in [1.54, 1.807) is 0 Å². The Morgan fingerprint density at radius 1 is 1.22 bits per heavy atom. The van der Waals surface area contributed by atoms with Gasteiger partial charge in [-0.05, 0) is 36.5 Å². The lowest BCUT2D eigenvalue weighted by Gasteiger charge is -2.46. The smallest absolute Gasteiger partial charge is 0.336 e. The van der Waals surface area contributed by atoms with Gasteiger partial charge in [0.2, 0.25) is 0 Å². The first kappa shape index (κ1) is 15.5. The van der Waals surface area contributed by atoms with Crippen LogP contribution in [0.3, 0.4) is 0 Å². The van der Waals surface area contributed by atoms with Crippen molar-refractivity contribution in [3.63, 3.8) is 0 Å². The van der Waals surface area contributed by atoms with Crippen LogP contribution < -0.4 is 0 Å². The van der Waals surface area contributed by atoms with Crippen molar-refractivity contribution in [1.29, 1.82) is 0 Å². The highest BCUT2D eigenvalue weighted by molar-refractivity contribution is 5.78. The average molecular weight is 256 g/mol. The minimum atomic E-state index is -1.58. The second-order valence-electron chi connectivity index (χ2n) is 6.72. The Morgan fingerprint density at radius 3 is 2.17 bits per heavy atom. The monoisotopic (exact) mass is 256 g/mol. The van der Waals surface area contributed by atoms with Crippen LogP contribution in [0, 0.1) is 29.6 Å². The molecule has 3 nitrogen and oxygen atoms in total. The molecule has 0 aliphatic heterocycles. The van der Waals surface area contributed by atoms with Gasteiger partial charge in [0.15, 0.2) is 5.60 Å². The zero-order valence-corrected chi connectivity index (χ0v) is 12.3. The maximum Gasteiger partial charge on any atom is 0.336 e. The van der Waals surface area contributed by atoms with E-state index in [1.165, 1.54) is 0 Å². The Labute approximate surface area is 111 Å². The third kappa shape index (κ3) is 2.71. The summed E-state index contributed by atoms with van der Waals surface area (Å²) in [5.41, 5.74) is -1.58. The van der Waals surface area contributed by atoms with E-state index in [9.17, 15) is 15.0 Å². The zero-order chi connectivity index (χ0) is 14.1. The quantitative estimate of drug-likeness (QED) is 0.812. The van der Waals surface area contributed by atoms with Crippen LogP contribution in [-0.2, 0) is 4.79 Å². The second-order valence-corrected chi connectivity index (χ2v) is 6.72. The highest BCUT2D eigenvalue weighted by atomic mass is 16.4. The number of rotatable bonds is 4. The second kappa shape index (κ2) is 5.60. The third-order valence-electron chi connectivity index (χ3n) is 4.81. The molecule has 0 aromatic heterocycles. The lowest BCUT2D eigenvalue weighted by atomic mass is 9.61. The molecule has 0 aromatic carbocycles. The first-order valence-electron chi connectivity index (χ1n) is 7.17. The van der Waals surface area contributed by atoms with Crippen molar-refractivity contribution >= 4 is 5.97 Å². The molecule has 18 heavy (non-hydrogen) atoms. The Bertz CT molecular complexity index is 298. The summed E-state index contributed by atoms with van der Waals surface area (Å²) in [6.45, 7) is 10.0. The summed E-state index contributed by atoms with van der Waals surface area (Å²) in [5, 5.41) is 20.2. The van der Waals surface area contributed by atoms with Gasteiger partial charge in [-0.25, -0.2) is 4.79 Å². The Kier molecular flexibility index (Phi) is 4.82. The van der Waals surface area contributed by atoms with Gasteiger partial charge in [-0.3, -0.25) is 0 Å². The van der Waals surface area contributed by atoms with Gasteiger partial charge in [-0.15, -0.1) is 0 Å². The fourth-order valence-electron chi connectivity index (χ4n) is 3.54. The van der Waals surface area contributed by atoms with Gasteiger partial charge >= 0.3 is 5.97 Å². The fraction of sp³-hybridized carbons (Fsp3) is 0.933. The summed E-state index contributed by atoms with van der Waals surface area (Å²) in [6.07, 6.45) is 3.00. The van der Waals surface area contributed by atoms with E-state index in [1.807, 2.05) is 13.8 Å². The number of carbonyl (C=O) groups is 1. The van der Waals surface area contributed by atoms with Crippen LogP contribution in [0.15, 0.2) is 0 Å². The molecule has 106 valence electrons. The largest absolute Gasteiger partial charge is 0.479 e. The minimum absolute atomic E-state index is 0.126. The zero-order valence-electron chi connectivity index (χ0n) is 12.3. The van der Waals surface area contributed by atoms with Crippen molar-refractivity contribution in [3.8, 4) is 0 Å². The van der Waals surface area contributed by atoms with E-state index in [-0.39, 0.29) is 11.8 Å². The summed E-state index contributed by atoms with van der Waals surface area (Å²) >= 11 is 0. The highest BCUT2D eigenvalue weighted by Crippen LogP contribution is 2.45. The molecule has 2 N–H and O–H groups in total. The maximum absolute atomic E-state index is 11.6. The summed E-state index contributed by atoms with van der Waals surface area (Å²) in [6, 6.07) is 0. The summed E-state index contributed by atoms with van der Waals surface area (Å²) in [4.78, 5) is 11.6. The molecular weight excluding hydrogens is 228 g/mol. The van der Waals surface area contributed by atoms with Gasteiger partial charge in [0.25, 0.3) is 0 Å². The predicted molar refractivity (Wildman–Crippen MR) is 72.3 cm³/mol. The first-order chi connectivity index (χ1) is 8.21. The Hall–Kier alpha value is -0.570. The fourth-order valence-corrected chi connectivity index (χ4v) is 3.54. The third-order valence-corrected chi connectivity index (χ3v) is 4.81. The molecule has 0 saturated heterocycles. The molecule has 1 fully saturated rings. The Morgan fingerprint density at radius 2 is 1.78 bits per heavy atom. The van der Waals surface area contributed by atoms with Crippen molar-refractivity contribution in [2.75, 3.05) is 0 Å². The van der Waals surface area contributed by atoms with Crippen LogP contribution in [0.1, 0.15) is 53.9 Å². The molecule has 0 aromatic rings. The van der Waals surface area contributed by atoms with Gasteiger partial charge in [-0.2, -0.15) is 0 Å². The number of carboxylic acid groups (broad SMARTS) is 1. The summed E-state index contributed by atoms with van der Waals surface area (Å²) < 4.78 is 0. The topological polar surface area (TPSA) is 57.5 Å². The molecular formula is C15H28O3. The SMILES string of the molecule is CC1CCC(C(C)C)C(C(O)(C(=O)O)C(C)C)C1. The maximum atomic E-state index is 11.6. The molecule has 1 aliphatic carbocycles. The van der Waals surface area contributed by atoms with Crippen LogP contribution in [0.2, 0.25) is 0 Å². The predicted octanol–water partition coefficient (Wildman–Crippen LogP) is 3.17. The molecule has 1 saturated carbocycles. The van der Waals surface area contributed by atoms with Gasteiger partial charge < -0.3 is 10.2 Å². The van der Waals surface area contributed by atoms with E-state index in [2.05, 4.69) is 20.8 Å². The van der Waals surface area contributed by atoms with Crippen molar-refractivity contribution in [3.05, 3.63) is 0 Å². The summed E-state index contributed by atoms with van der Waals surface area (Å²) in [7, 11) is 0. The lowest BCUT2D eigenvalue weighted by Crippen LogP contribution is -2.55. The number of aliphatic carboxylic acids is 1. The molecule has 0 bridgehead atoms. The standard InChI is InChI=1S/C15H28O3/c1-9(2)12-7-6-11(5)8-13(12)15(18,10(3)4)14(16)17/h9-13,18H,6-8H2,1-5H3,(H,16,17). The summed E-state index contributed by atoms with van der Waals surface area (Å²) in [5.74, 6) is -0.195. The molecule has 0 heterocycles. The van der Waals surface area contributed by atoms with Gasteiger partial charge in [0.05, 0.1) is 0 Å². The molecule has 0 amide bonds. The van der Waals surface area contributed by atoms with Crippen molar-refractivity contribution < 1.29 is 15.0 Å². The first-order valence-corrected chi connectivity index (χ1v) is 7.17. The van der Waals surface area contributed by atoms with E-state index in [0.717, 1.165) is 19.3 Å². The molecule has 3 heteroatoms. The van der Waals surface area contributed by atoms with E-state index < -0.39 is 11.6 Å². The van der Waals surface area contributed by atoms with Crippen LogP contribution in [0.25, 0.3) is 0 Å². The van der Waals surface area contributed by atoms with E-state index in [4.69, 9.17) is 0 Å². The van der Waals surface area contributed by atoms with Crippen molar-refractivity contribution in [1.82, 2.24) is 0 Å². The van der Waals surface area contributed by atoms with Crippen LogP contribution in [0.5, 0.6) is 0 Å². The van der Waals surface area contributed by atoms with Crippen LogP contribution in [0.4, 0.5) is 0 Å². The van der Waals surface area contributed by atoms with E-state index in [0.29, 0.717) is 17.8 Å². The molecule has 4 atom stereocenters. The van der Waals surface area contributed by atoms with Crippen LogP contribution in [-0.4, -0.2) is 21.8 Å². The van der Waals surface area contributed by atoms with Gasteiger partial charge in [-0.1, -0.05) is 41.0 Å².